The Morgan fingerprint density at radius 3 is 2.82 bits per heavy atom. The highest BCUT2D eigenvalue weighted by molar-refractivity contribution is 5.41. The van der Waals surface area contributed by atoms with Gasteiger partial charge in [-0.3, -0.25) is 0 Å². The smallest absolute Gasteiger partial charge is 0.119 e. The molecule has 1 aromatic rings. The summed E-state index contributed by atoms with van der Waals surface area (Å²) in [4.78, 5) is 0. The van der Waals surface area contributed by atoms with Gasteiger partial charge in [-0.1, -0.05) is 29.4 Å². The summed E-state index contributed by atoms with van der Waals surface area (Å²) < 4.78 is 10.9. The van der Waals surface area contributed by atoms with E-state index in [9.17, 15) is 0 Å². The van der Waals surface area contributed by atoms with E-state index in [-0.39, 0.29) is 0 Å². The van der Waals surface area contributed by atoms with E-state index in [1.807, 2.05) is 13.2 Å². The third kappa shape index (κ3) is 3.12. The topological polar surface area (TPSA) is 18.5 Å². The van der Waals surface area contributed by atoms with Crippen molar-refractivity contribution in [3.63, 3.8) is 0 Å². The van der Waals surface area contributed by atoms with Crippen LogP contribution in [0.25, 0.3) is 0 Å². The van der Waals surface area contributed by atoms with E-state index in [2.05, 4.69) is 31.2 Å². The van der Waals surface area contributed by atoms with Crippen molar-refractivity contribution in [3.8, 4) is 5.75 Å². The summed E-state index contributed by atoms with van der Waals surface area (Å²) in [5, 5.41) is 0. The Kier molecular flexibility index (Phi) is 4.68. The maximum atomic E-state index is 5.61. The van der Waals surface area contributed by atoms with Crippen molar-refractivity contribution in [2.45, 2.75) is 45.1 Å². The minimum absolute atomic E-state index is 0.422. The zero-order chi connectivity index (χ0) is 15.5. The molecule has 2 nitrogen and oxygen atoms in total. The average Bonchev–Trinajstić information content (AvgIpc) is 2.97. The lowest BCUT2D eigenvalue weighted by atomic mass is 9.83. The van der Waals surface area contributed by atoms with Crippen LogP contribution < -0.4 is 4.74 Å². The molecule has 0 N–H and O–H groups in total. The molecule has 0 spiro atoms. The Morgan fingerprint density at radius 2 is 2.05 bits per heavy atom. The normalized spacial score (nSPS) is 24.2. The standard InChI is InChI=1S/C20H26O2/c1-14-7-9-16-12-18(22-3)13-20(16)19(14)10-8-15-5-4-6-17(11-15)21-2/h4-7,11,16,18H,8-10,12-13H2,1-3H3. The molecule has 3 rings (SSSR count). The number of rotatable bonds is 5. The van der Waals surface area contributed by atoms with Crippen molar-refractivity contribution in [1.82, 2.24) is 0 Å². The molecule has 0 bridgehead atoms. The summed E-state index contributed by atoms with van der Waals surface area (Å²) in [6.45, 7) is 2.27. The first kappa shape index (κ1) is 15.4. The highest BCUT2D eigenvalue weighted by atomic mass is 16.5. The molecule has 0 amide bonds. The molecule has 2 aliphatic rings. The Hall–Kier alpha value is -1.54. The SMILES string of the molecule is COc1cccc(CCC2=C3CC(OC)CC3CC=C2C)c1. The van der Waals surface area contributed by atoms with Crippen molar-refractivity contribution >= 4 is 0 Å². The molecule has 1 aromatic carbocycles. The van der Waals surface area contributed by atoms with Gasteiger partial charge in [-0.15, -0.1) is 0 Å². The summed E-state index contributed by atoms with van der Waals surface area (Å²) >= 11 is 0. The Bertz CT molecular complexity index is 597. The molecule has 0 aromatic heterocycles. The van der Waals surface area contributed by atoms with Crippen molar-refractivity contribution in [3.05, 3.63) is 52.6 Å². The molecule has 0 radical (unpaired) electrons. The third-order valence-corrected chi connectivity index (χ3v) is 5.19. The molecule has 22 heavy (non-hydrogen) atoms. The number of aryl methyl sites for hydroxylation is 1. The molecule has 118 valence electrons. The van der Waals surface area contributed by atoms with Crippen molar-refractivity contribution in [2.75, 3.05) is 14.2 Å². The van der Waals surface area contributed by atoms with Gasteiger partial charge in [-0.05, 0) is 68.2 Å². The molecule has 0 saturated heterocycles. The van der Waals surface area contributed by atoms with Crippen LogP contribution in [0.4, 0.5) is 0 Å². The van der Waals surface area contributed by atoms with Crippen molar-refractivity contribution in [2.24, 2.45) is 5.92 Å². The zero-order valence-corrected chi connectivity index (χ0v) is 13.9. The Labute approximate surface area is 133 Å². The van der Waals surface area contributed by atoms with Crippen LogP contribution in [0.3, 0.4) is 0 Å². The summed E-state index contributed by atoms with van der Waals surface area (Å²) in [5.74, 6) is 1.67. The van der Waals surface area contributed by atoms with E-state index < -0.39 is 0 Å². The maximum absolute atomic E-state index is 5.61. The minimum Gasteiger partial charge on any atom is -0.497 e. The largest absolute Gasteiger partial charge is 0.497 e. The molecule has 1 fully saturated rings. The first-order valence-corrected chi connectivity index (χ1v) is 8.26. The monoisotopic (exact) mass is 298 g/mol. The van der Waals surface area contributed by atoms with Gasteiger partial charge in [0.25, 0.3) is 0 Å². The molecule has 0 heterocycles. The lowest BCUT2D eigenvalue weighted by Crippen LogP contribution is -2.07. The van der Waals surface area contributed by atoms with Crippen LogP contribution in [0.1, 0.15) is 38.2 Å². The van der Waals surface area contributed by atoms with Crippen LogP contribution in [0.5, 0.6) is 5.75 Å². The fourth-order valence-electron chi connectivity index (χ4n) is 3.89. The van der Waals surface area contributed by atoms with Crippen molar-refractivity contribution in [1.29, 1.82) is 0 Å². The van der Waals surface area contributed by atoms with E-state index in [1.54, 1.807) is 18.3 Å². The van der Waals surface area contributed by atoms with Crippen LogP contribution in [-0.4, -0.2) is 20.3 Å². The highest BCUT2D eigenvalue weighted by Crippen LogP contribution is 2.43. The molecular weight excluding hydrogens is 272 g/mol. The number of ether oxygens (including phenoxy) is 2. The van der Waals surface area contributed by atoms with Gasteiger partial charge in [0.15, 0.2) is 0 Å². The number of benzene rings is 1. The number of hydrogen-bond donors (Lipinski definition) is 0. The van der Waals surface area contributed by atoms with Gasteiger partial charge >= 0.3 is 0 Å². The van der Waals surface area contributed by atoms with Gasteiger partial charge in [0.1, 0.15) is 5.75 Å². The second-order valence-corrected chi connectivity index (χ2v) is 6.47. The molecule has 0 aliphatic heterocycles. The predicted molar refractivity (Wildman–Crippen MR) is 90.2 cm³/mol. The van der Waals surface area contributed by atoms with Gasteiger partial charge < -0.3 is 9.47 Å². The molecular formula is C20H26O2. The third-order valence-electron chi connectivity index (χ3n) is 5.19. The number of fused-ring (bicyclic) bond motifs is 1. The van der Waals surface area contributed by atoms with E-state index in [1.165, 1.54) is 24.0 Å². The lowest BCUT2D eigenvalue weighted by Gasteiger charge is -2.22. The van der Waals surface area contributed by atoms with E-state index >= 15 is 0 Å². The number of allylic oxidation sites excluding steroid dienone is 3. The fourth-order valence-corrected chi connectivity index (χ4v) is 3.89. The Morgan fingerprint density at radius 1 is 1.18 bits per heavy atom. The average molecular weight is 298 g/mol. The molecule has 1 saturated carbocycles. The van der Waals surface area contributed by atoms with Gasteiger partial charge in [0, 0.05) is 7.11 Å². The van der Waals surface area contributed by atoms with Crippen LogP contribution >= 0.6 is 0 Å². The number of hydrogen-bond acceptors (Lipinski definition) is 2. The molecule has 2 aliphatic carbocycles. The van der Waals surface area contributed by atoms with Crippen molar-refractivity contribution < 1.29 is 9.47 Å². The molecule has 2 unspecified atom stereocenters. The quantitative estimate of drug-likeness (QED) is 0.784. The highest BCUT2D eigenvalue weighted by Gasteiger charge is 2.32. The van der Waals surface area contributed by atoms with Gasteiger partial charge in [0.2, 0.25) is 0 Å². The predicted octanol–water partition coefficient (Wildman–Crippen LogP) is 4.70. The fraction of sp³-hybridized carbons (Fsp3) is 0.500. The van der Waals surface area contributed by atoms with E-state index in [0.29, 0.717) is 12.0 Å². The Balaban J connectivity index is 1.75. The van der Waals surface area contributed by atoms with E-state index in [4.69, 9.17) is 9.47 Å². The van der Waals surface area contributed by atoms with Crippen LogP contribution in [0.2, 0.25) is 0 Å². The number of methoxy groups -OCH3 is 2. The second-order valence-electron chi connectivity index (χ2n) is 6.47. The second kappa shape index (κ2) is 6.70. The van der Waals surface area contributed by atoms with E-state index in [0.717, 1.165) is 25.0 Å². The van der Waals surface area contributed by atoms with Crippen LogP contribution in [0.15, 0.2) is 47.1 Å². The first-order valence-electron chi connectivity index (χ1n) is 8.26. The summed E-state index contributed by atoms with van der Waals surface area (Å²) in [7, 11) is 3.57. The first-order chi connectivity index (χ1) is 10.7. The summed E-state index contributed by atoms with van der Waals surface area (Å²) in [6.07, 6.45) is 8.56. The van der Waals surface area contributed by atoms with Gasteiger partial charge in [0.05, 0.1) is 13.2 Å². The molecule has 2 atom stereocenters. The van der Waals surface area contributed by atoms with Crippen LogP contribution in [0, 0.1) is 5.92 Å². The molecule has 2 heteroatoms. The van der Waals surface area contributed by atoms with Gasteiger partial charge in [-0.25, -0.2) is 0 Å². The lowest BCUT2D eigenvalue weighted by molar-refractivity contribution is 0.106. The summed E-state index contributed by atoms with van der Waals surface area (Å²) in [6, 6.07) is 8.43. The minimum atomic E-state index is 0.422. The van der Waals surface area contributed by atoms with Crippen LogP contribution in [-0.2, 0) is 11.2 Å². The van der Waals surface area contributed by atoms with Gasteiger partial charge in [-0.2, -0.15) is 0 Å². The zero-order valence-electron chi connectivity index (χ0n) is 13.9. The maximum Gasteiger partial charge on any atom is 0.119 e. The summed E-state index contributed by atoms with van der Waals surface area (Å²) in [5.41, 5.74) is 6.07.